The van der Waals surface area contributed by atoms with Crippen molar-refractivity contribution in [2.75, 3.05) is 26.2 Å². The molecular formula is C42H52N4O5. The minimum Gasteiger partial charge on any atom is -0.494 e. The van der Waals surface area contributed by atoms with Gasteiger partial charge in [-0.25, -0.2) is 14.8 Å². The standard InChI is InChI=1S/C42H52N4O5/c1-5-6-7-8-12-23-49-38-21-19-33(20-22-38)35-25-43-39(44-26-35)34-17-15-31(16-18-34)24-37(45-41(48)50-30-32-13-10-9-11-14-32)29-46-27-36(28-46)40(47)51-42(2,3)4/h9-11,13-22,25-26,36-37H,5-8,12,23-24,27-30H2,1-4H3,(H,45,48). The average molecular weight is 693 g/mol. The summed E-state index contributed by atoms with van der Waals surface area (Å²) in [5.41, 5.74) is 4.34. The van der Waals surface area contributed by atoms with E-state index in [-0.39, 0.29) is 24.5 Å². The molecule has 2 heterocycles. The highest BCUT2D eigenvalue weighted by atomic mass is 16.6. The van der Waals surface area contributed by atoms with Gasteiger partial charge in [-0.05, 0) is 62.4 Å². The predicted octanol–water partition coefficient (Wildman–Crippen LogP) is 8.27. The van der Waals surface area contributed by atoms with Crippen LogP contribution in [0.4, 0.5) is 4.79 Å². The largest absolute Gasteiger partial charge is 0.494 e. The molecule has 1 fully saturated rings. The van der Waals surface area contributed by atoms with Crippen LogP contribution in [0, 0.1) is 5.92 Å². The predicted molar refractivity (Wildman–Crippen MR) is 200 cm³/mol. The molecular weight excluding hydrogens is 640 g/mol. The van der Waals surface area contributed by atoms with Crippen molar-refractivity contribution in [2.24, 2.45) is 5.92 Å². The summed E-state index contributed by atoms with van der Waals surface area (Å²) in [6.07, 6.45) is 9.89. The molecule has 9 nitrogen and oxygen atoms in total. The number of amides is 1. The molecule has 1 aliphatic heterocycles. The second kappa shape index (κ2) is 18.5. The zero-order valence-corrected chi connectivity index (χ0v) is 30.5. The van der Waals surface area contributed by atoms with Crippen LogP contribution in [-0.2, 0) is 27.3 Å². The molecule has 3 aromatic carbocycles. The molecule has 0 spiro atoms. The fraction of sp³-hybridized carbons (Fsp3) is 0.429. The van der Waals surface area contributed by atoms with E-state index in [2.05, 4.69) is 27.1 Å². The number of alkyl carbamates (subject to hydrolysis) is 1. The van der Waals surface area contributed by atoms with Gasteiger partial charge in [-0.3, -0.25) is 9.69 Å². The first-order valence-corrected chi connectivity index (χ1v) is 18.2. The second-order valence-corrected chi connectivity index (χ2v) is 14.3. The summed E-state index contributed by atoms with van der Waals surface area (Å²) in [6.45, 7) is 10.6. The molecule has 0 aliphatic carbocycles. The summed E-state index contributed by atoms with van der Waals surface area (Å²) in [7, 11) is 0. The smallest absolute Gasteiger partial charge is 0.407 e. The van der Waals surface area contributed by atoms with E-state index in [1.165, 1.54) is 25.7 Å². The van der Waals surface area contributed by atoms with Crippen LogP contribution in [0.3, 0.4) is 0 Å². The van der Waals surface area contributed by atoms with Crippen LogP contribution in [0.2, 0.25) is 0 Å². The lowest BCUT2D eigenvalue weighted by molar-refractivity contribution is -0.166. The topological polar surface area (TPSA) is 103 Å². The molecule has 5 rings (SSSR count). The fourth-order valence-corrected chi connectivity index (χ4v) is 6.00. The Bertz CT molecular complexity index is 1650. The van der Waals surface area contributed by atoms with Crippen LogP contribution in [0.5, 0.6) is 5.75 Å². The quantitative estimate of drug-likeness (QED) is 0.0872. The minimum absolute atomic E-state index is 0.163. The molecule has 1 saturated heterocycles. The molecule has 0 bridgehead atoms. The minimum atomic E-state index is -0.516. The first-order valence-electron chi connectivity index (χ1n) is 18.2. The van der Waals surface area contributed by atoms with E-state index in [1.807, 2.05) is 112 Å². The Labute approximate surface area is 302 Å². The van der Waals surface area contributed by atoms with E-state index in [9.17, 15) is 9.59 Å². The Hall–Kier alpha value is -4.76. The van der Waals surface area contributed by atoms with Gasteiger partial charge in [0, 0.05) is 49.2 Å². The summed E-state index contributed by atoms with van der Waals surface area (Å²) in [5, 5.41) is 3.06. The van der Waals surface area contributed by atoms with Crippen molar-refractivity contribution in [3.05, 3.63) is 102 Å². The highest BCUT2D eigenvalue weighted by molar-refractivity contribution is 5.74. The number of benzene rings is 3. The van der Waals surface area contributed by atoms with Gasteiger partial charge >= 0.3 is 12.1 Å². The fourth-order valence-electron chi connectivity index (χ4n) is 6.00. The Morgan fingerprint density at radius 1 is 0.824 bits per heavy atom. The van der Waals surface area contributed by atoms with Crippen molar-refractivity contribution in [1.82, 2.24) is 20.2 Å². The lowest BCUT2D eigenvalue weighted by Gasteiger charge is -2.40. The number of hydrogen-bond donors (Lipinski definition) is 1. The van der Waals surface area contributed by atoms with Crippen molar-refractivity contribution in [3.63, 3.8) is 0 Å². The molecule has 9 heteroatoms. The lowest BCUT2D eigenvalue weighted by Crippen LogP contribution is -2.56. The number of esters is 1. The first kappa shape index (κ1) is 37.5. The van der Waals surface area contributed by atoms with Crippen LogP contribution >= 0.6 is 0 Å². The third-order valence-corrected chi connectivity index (χ3v) is 8.76. The molecule has 1 aromatic heterocycles. The van der Waals surface area contributed by atoms with Gasteiger partial charge in [-0.2, -0.15) is 0 Å². The highest BCUT2D eigenvalue weighted by Gasteiger charge is 2.36. The molecule has 0 saturated carbocycles. The van der Waals surface area contributed by atoms with Gasteiger partial charge in [-0.1, -0.05) is 99.3 Å². The Morgan fingerprint density at radius 2 is 1.49 bits per heavy atom. The molecule has 1 aliphatic rings. The molecule has 0 radical (unpaired) electrons. The average Bonchev–Trinajstić information content (AvgIpc) is 3.10. The maximum absolute atomic E-state index is 12.9. The van der Waals surface area contributed by atoms with E-state index in [4.69, 9.17) is 14.2 Å². The van der Waals surface area contributed by atoms with Gasteiger partial charge in [0.15, 0.2) is 5.82 Å². The lowest BCUT2D eigenvalue weighted by atomic mass is 9.97. The Balaban J connectivity index is 1.16. The zero-order valence-electron chi connectivity index (χ0n) is 30.5. The maximum atomic E-state index is 12.9. The van der Waals surface area contributed by atoms with Crippen LogP contribution in [0.25, 0.3) is 22.5 Å². The molecule has 1 amide bonds. The molecule has 51 heavy (non-hydrogen) atoms. The van der Waals surface area contributed by atoms with Gasteiger partial charge in [-0.15, -0.1) is 0 Å². The highest BCUT2D eigenvalue weighted by Crippen LogP contribution is 2.25. The third-order valence-electron chi connectivity index (χ3n) is 8.76. The van der Waals surface area contributed by atoms with Gasteiger partial charge in [0.05, 0.1) is 12.5 Å². The van der Waals surface area contributed by atoms with E-state index in [1.54, 1.807) is 0 Å². The number of nitrogens with zero attached hydrogens (tertiary/aromatic N) is 3. The number of likely N-dealkylation sites (tertiary alicyclic amines) is 1. The van der Waals surface area contributed by atoms with Gasteiger partial charge < -0.3 is 19.5 Å². The number of hydrogen-bond acceptors (Lipinski definition) is 8. The van der Waals surface area contributed by atoms with Crippen molar-refractivity contribution in [1.29, 1.82) is 0 Å². The number of nitrogens with one attached hydrogen (secondary N) is 1. The first-order chi connectivity index (χ1) is 24.6. The van der Waals surface area contributed by atoms with Gasteiger partial charge in [0.2, 0.25) is 0 Å². The third kappa shape index (κ3) is 12.2. The van der Waals surface area contributed by atoms with Crippen molar-refractivity contribution >= 4 is 12.1 Å². The number of carbonyl (C=O) groups excluding carboxylic acids is 2. The molecule has 1 atom stereocenters. The normalized spacial score (nSPS) is 14.0. The Kier molecular flexibility index (Phi) is 13.6. The number of ether oxygens (including phenoxy) is 3. The number of unbranched alkanes of at least 4 members (excludes halogenated alkanes) is 4. The van der Waals surface area contributed by atoms with Crippen LogP contribution < -0.4 is 10.1 Å². The zero-order chi connectivity index (χ0) is 36.1. The number of carbonyl (C=O) groups is 2. The van der Waals surface area contributed by atoms with E-state index >= 15 is 0 Å². The van der Waals surface area contributed by atoms with E-state index in [0.717, 1.165) is 46.6 Å². The summed E-state index contributed by atoms with van der Waals surface area (Å²) in [5.74, 6) is 1.18. The van der Waals surface area contributed by atoms with Crippen LogP contribution in [0.1, 0.15) is 70.9 Å². The molecule has 4 aromatic rings. The summed E-state index contributed by atoms with van der Waals surface area (Å²) >= 11 is 0. The summed E-state index contributed by atoms with van der Waals surface area (Å²) in [4.78, 5) is 36.8. The number of rotatable bonds is 17. The van der Waals surface area contributed by atoms with Crippen LogP contribution in [-0.4, -0.2) is 64.8 Å². The Morgan fingerprint density at radius 3 is 2.16 bits per heavy atom. The summed E-state index contributed by atoms with van der Waals surface area (Å²) < 4.78 is 17.0. The van der Waals surface area contributed by atoms with Crippen molar-refractivity contribution < 1.29 is 23.8 Å². The molecule has 1 N–H and O–H groups in total. The van der Waals surface area contributed by atoms with Crippen molar-refractivity contribution in [3.8, 4) is 28.3 Å². The SMILES string of the molecule is CCCCCCCOc1ccc(-c2cnc(-c3ccc(CC(CN4CC(C(=O)OC(C)(C)C)C4)NC(=O)OCc4ccccc4)cc3)nc2)cc1. The number of aromatic nitrogens is 2. The monoisotopic (exact) mass is 692 g/mol. The molecule has 270 valence electrons. The maximum Gasteiger partial charge on any atom is 0.407 e. The van der Waals surface area contributed by atoms with Crippen molar-refractivity contribution in [2.45, 2.75) is 84.5 Å². The van der Waals surface area contributed by atoms with E-state index < -0.39 is 11.7 Å². The van der Waals surface area contributed by atoms with Gasteiger partial charge in [0.25, 0.3) is 0 Å². The molecule has 1 unspecified atom stereocenters. The second-order valence-electron chi connectivity index (χ2n) is 14.3. The van der Waals surface area contributed by atoms with Crippen LogP contribution in [0.15, 0.2) is 91.3 Å². The summed E-state index contributed by atoms with van der Waals surface area (Å²) in [6, 6.07) is 25.6. The van der Waals surface area contributed by atoms with Gasteiger partial charge in [0.1, 0.15) is 18.0 Å². The van der Waals surface area contributed by atoms with E-state index in [0.29, 0.717) is 31.9 Å².